The van der Waals surface area contributed by atoms with Crippen LogP contribution in [0.4, 0.5) is 22.4 Å². The number of benzene rings is 2. The summed E-state index contributed by atoms with van der Waals surface area (Å²) in [5.74, 6) is -1.74. The lowest BCUT2D eigenvalue weighted by Gasteiger charge is -2.29. The summed E-state index contributed by atoms with van der Waals surface area (Å²) in [4.78, 5) is 29.5. The first-order chi connectivity index (χ1) is 17.3. The Hall–Kier alpha value is -3.92. The number of aromatic nitrogens is 1. The highest BCUT2D eigenvalue weighted by molar-refractivity contribution is 6.31. The third kappa shape index (κ3) is 6.45. The number of allylic oxidation sites excluding steroid dienone is 1. The van der Waals surface area contributed by atoms with Gasteiger partial charge in [-0.2, -0.15) is 13.2 Å². The minimum atomic E-state index is -4.85. The van der Waals surface area contributed by atoms with Crippen LogP contribution >= 0.6 is 11.6 Å². The van der Waals surface area contributed by atoms with Gasteiger partial charge in [0.15, 0.2) is 5.54 Å². The molecule has 3 aromatic rings. The van der Waals surface area contributed by atoms with Gasteiger partial charge in [-0.1, -0.05) is 48.5 Å². The number of carbonyl (C=O) groups excluding carboxylic acids is 2. The molecule has 1 N–H and O–H groups in total. The third-order valence-electron chi connectivity index (χ3n) is 5.43. The minimum absolute atomic E-state index is 0.0885. The number of alkyl carbamates (subject to hydrolysis) is 1. The summed E-state index contributed by atoms with van der Waals surface area (Å²) < 4.78 is 64.3. The van der Waals surface area contributed by atoms with E-state index in [0.29, 0.717) is 5.56 Å². The second-order valence-electron chi connectivity index (χ2n) is 8.03. The van der Waals surface area contributed by atoms with Gasteiger partial charge < -0.3 is 14.8 Å². The fraction of sp³-hybridized carbons (Fsp3) is 0.192. The second kappa shape index (κ2) is 11.0. The molecule has 6 nitrogen and oxygen atoms in total. The zero-order valence-corrected chi connectivity index (χ0v) is 20.4. The smallest absolute Gasteiger partial charge is 0.417 e. The van der Waals surface area contributed by atoms with E-state index in [0.717, 1.165) is 19.2 Å². The summed E-state index contributed by atoms with van der Waals surface area (Å²) in [6.07, 6.45) is -5.89. The minimum Gasteiger partial charge on any atom is -0.467 e. The number of methoxy groups -OCH3 is 1. The average molecular weight is 537 g/mol. The molecule has 37 heavy (non-hydrogen) atoms. The first-order valence-corrected chi connectivity index (χ1v) is 11.0. The summed E-state index contributed by atoms with van der Waals surface area (Å²) in [5, 5.41) is 2.08. The summed E-state index contributed by atoms with van der Waals surface area (Å²) in [6, 6.07) is 14.3. The van der Waals surface area contributed by atoms with Gasteiger partial charge in [0.1, 0.15) is 12.4 Å². The van der Waals surface area contributed by atoms with Crippen LogP contribution in [-0.2, 0) is 26.4 Å². The highest BCUT2D eigenvalue weighted by Crippen LogP contribution is 2.36. The Balaban J connectivity index is 2.08. The Labute approximate surface area is 214 Å². The second-order valence-corrected chi connectivity index (χ2v) is 8.44. The van der Waals surface area contributed by atoms with E-state index in [-0.39, 0.29) is 28.5 Å². The van der Waals surface area contributed by atoms with Crippen molar-refractivity contribution in [2.75, 3.05) is 7.11 Å². The fourth-order valence-electron chi connectivity index (χ4n) is 3.33. The van der Waals surface area contributed by atoms with E-state index in [1.54, 1.807) is 30.3 Å². The number of rotatable bonds is 7. The largest absolute Gasteiger partial charge is 0.467 e. The normalized spacial score (nSPS) is 12.8. The molecular formula is C26H21ClF4N2O4. The lowest BCUT2D eigenvalue weighted by molar-refractivity contribution is -0.148. The summed E-state index contributed by atoms with van der Waals surface area (Å²) in [5.41, 5.74) is -3.33. The van der Waals surface area contributed by atoms with E-state index in [1.807, 2.05) is 0 Å². The fourth-order valence-corrected chi connectivity index (χ4v) is 3.51. The molecule has 194 valence electrons. The van der Waals surface area contributed by atoms with E-state index < -0.39 is 40.9 Å². The maximum atomic E-state index is 13.7. The van der Waals surface area contributed by atoms with Gasteiger partial charge in [-0.05, 0) is 48.4 Å². The first-order valence-electron chi connectivity index (χ1n) is 10.7. The van der Waals surface area contributed by atoms with Crippen LogP contribution in [0, 0.1) is 5.82 Å². The molecule has 3 rings (SSSR count). The molecule has 0 saturated carbocycles. The van der Waals surface area contributed by atoms with Gasteiger partial charge in [0.25, 0.3) is 0 Å². The van der Waals surface area contributed by atoms with Crippen LogP contribution in [0.3, 0.4) is 0 Å². The zero-order valence-electron chi connectivity index (χ0n) is 19.7. The quantitative estimate of drug-likeness (QED) is 0.278. The van der Waals surface area contributed by atoms with Crippen LogP contribution in [0.25, 0.3) is 16.8 Å². The Morgan fingerprint density at radius 3 is 2.35 bits per heavy atom. The van der Waals surface area contributed by atoms with Gasteiger partial charge in [-0.3, -0.25) is 0 Å². The van der Waals surface area contributed by atoms with Crippen LogP contribution in [0.2, 0.25) is 5.02 Å². The van der Waals surface area contributed by atoms with Gasteiger partial charge in [0.05, 0.1) is 29.1 Å². The van der Waals surface area contributed by atoms with E-state index in [1.165, 1.54) is 25.1 Å². The summed E-state index contributed by atoms with van der Waals surface area (Å²) in [6.45, 7) is 4.18. The number of amides is 1. The predicted octanol–water partition coefficient (Wildman–Crippen LogP) is 6.43. The lowest BCUT2D eigenvalue weighted by Crippen LogP contribution is -2.50. The Bertz CT molecular complexity index is 1330. The standard InChI is InChI=1S/C26H21ClF4N2O4/c1-15(26(29,30)31)21-12-18(13-22(32-21)17-9-10-20(28)19(27)11-17)25(2,23(34)36-3)33-24(35)37-14-16-7-5-4-6-8-16/h4-13H,1,14H2,2-3H3,(H,33,35). The highest BCUT2D eigenvalue weighted by Gasteiger charge is 2.41. The number of ether oxygens (including phenoxy) is 2. The number of alkyl halides is 3. The SMILES string of the molecule is C=C(c1cc(C(C)(NC(=O)OCc2ccccc2)C(=O)OC)cc(-c2ccc(F)c(Cl)c2)n1)C(F)(F)F. The van der Waals surface area contributed by atoms with E-state index >= 15 is 0 Å². The van der Waals surface area contributed by atoms with Crippen LogP contribution in [-0.4, -0.2) is 30.3 Å². The third-order valence-corrected chi connectivity index (χ3v) is 5.72. The molecule has 1 aromatic heterocycles. The number of hydrogen-bond acceptors (Lipinski definition) is 5. The maximum absolute atomic E-state index is 13.7. The van der Waals surface area contributed by atoms with Crippen LogP contribution < -0.4 is 5.32 Å². The topological polar surface area (TPSA) is 77.5 Å². The molecule has 1 atom stereocenters. The number of pyridine rings is 1. The van der Waals surface area contributed by atoms with Gasteiger partial charge in [0.2, 0.25) is 0 Å². The average Bonchev–Trinajstić information content (AvgIpc) is 2.87. The highest BCUT2D eigenvalue weighted by atomic mass is 35.5. The van der Waals surface area contributed by atoms with Crippen molar-refractivity contribution in [2.24, 2.45) is 0 Å². The van der Waals surface area contributed by atoms with Crippen molar-refractivity contribution in [1.82, 2.24) is 10.3 Å². The number of esters is 1. The molecule has 0 fully saturated rings. The first kappa shape index (κ1) is 27.7. The molecular weight excluding hydrogens is 516 g/mol. The van der Waals surface area contributed by atoms with Crippen molar-refractivity contribution in [3.8, 4) is 11.3 Å². The van der Waals surface area contributed by atoms with Gasteiger partial charge in [-0.15, -0.1) is 0 Å². The van der Waals surface area contributed by atoms with Crippen molar-refractivity contribution in [2.45, 2.75) is 25.2 Å². The maximum Gasteiger partial charge on any atom is 0.417 e. The summed E-state index contributed by atoms with van der Waals surface area (Å²) in [7, 11) is 1.05. The monoisotopic (exact) mass is 536 g/mol. The van der Waals surface area contributed by atoms with E-state index in [4.69, 9.17) is 21.1 Å². The molecule has 0 aliphatic heterocycles. The predicted molar refractivity (Wildman–Crippen MR) is 129 cm³/mol. The molecule has 0 bridgehead atoms. The van der Waals surface area contributed by atoms with Crippen molar-refractivity contribution in [3.05, 3.63) is 94.9 Å². The molecule has 1 heterocycles. The Morgan fingerprint density at radius 1 is 1.08 bits per heavy atom. The van der Waals surface area contributed by atoms with Crippen LogP contribution in [0.5, 0.6) is 0 Å². The summed E-state index contributed by atoms with van der Waals surface area (Å²) >= 11 is 5.85. The number of nitrogens with one attached hydrogen (secondary N) is 1. The van der Waals surface area contributed by atoms with Crippen molar-refractivity contribution < 1.29 is 36.6 Å². The molecule has 0 aliphatic carbocycles. The number of carbonyl (C=O) groups is 2. The van der Waals surface area contributed by atoms with Crippen molar-refractivity contribution >= 4 is 29.2 Å². The van der Waals surface area contributed by atoms with Gasteiger partial charge in [-0.25, -0.2) is 19.0 Å². The molecule has 11 heteroatoms. The molecule has 2 aromatic carbocycles. The molecule has 1 unspecified atom stereocenters. The molecule has 1 amide bonds. The van der Waals surface area contributed by atoms with Crippen LogP contribution in [0.1, 0.15) is 23.7 Å². The molecule has 0 radical (unpaired) electrons. The van der Waals surface area contributed by atoms with Gasteiger partial charge >= 0.3 is 18.2 Å². The number of nitrogens with zero attached hydrogens (tertiary/aromatic N) is 1. The number of hydrogen-bond donors (Lipinski definition) is 1. The van der Waals surface area contributed by atoms with Gasteiger partial charge in [0, 0.05) is 5.56 Å². The van der Waals surface area contributed by atoms with E-state index in [2.05, 4.69) is 16.9 Å². The van der Waals surface area contributed by atoms with Crippen molar-refractivity contribution in [1.29, 1.82) is 0 Å². The molecule has 0 saturated heterocycles. The molecule has 0 aliphatic rings. The lowest BCUT2D eigenvalue weighted by atomic mass is 9.90. The van der Waals surface area contributed by atoms with E-state index in [9.17, 15) is 27.2 Å². The Kier molecular flexibility index (Phi) is 8.22. The van der Waals surface area contributed by atoms with Crippen LogP contribution in [0.15, 0.2) is 67.2 Å². The molecule has 0 spiro atoms. The zero-order chi connectivity index (χ0) is 27.4. The Morgan fingerprint density at radius 2 is 1.76 bits per heavy atom. The number of halogens is 5. The van der Waals surface area contributed by atoms with Crippen molar-refractivity contribution in [3.63, 3.8) is 0 Å².